The molecule has 110 valence electrons. The van der Waals surface area contributed by atoms with Crippen LogP contribution >= 0.6 is 0 Å². The van der Waals surface area contributed by atoms with Crippen molar-refractivity contribution in [3.05, 3.63) is 47.3 Å². The van der Waals surface area contributed by atoms with Crippen LogP contribution in [0, 0.1) is 0 Å². The molecular formula is C15H15F2N3O. The number of alkyl halides is 2. The number of halogens is 2. The Bertz CT molecular complexity index is 672. The highest BCUT2D eigenvalue weighted by Gasteiger charge is 2.29. The van der Waals surface area contributed by atoms with Gasteiger partial charge in [0.15, 0.2) is 0 Å². The van der Waals surface area contributed by atoms with Crippen LogP contribution in [0.1, 0.15) is 47.3 Å². The van der Waals surface area contributed by atoms with Gasteiger partial charge in [-0.05, 0) is 25.0 Å². The van der Waals surface area contributed by atoms with Crippen LogP contribution in [0.3, 0.4) is 0 Å². The van der Waals surface area contributed by atoms with E-state index in [1.165, 1.54) is 24.3 Å². The summed E-state index contributed by atoms with van der Waals surface area (Å²) in [6.45, 7) is 0.811. The standard InChI is InChI=1S/C15H15F2N3O/c1-15(16,17)11-4-2-3-10(7-11)14(21)19-12-8-18-20-13(12)9-5-6-9/h2-4,7-9H,5-6H2,1H3,(H,18,20)(H,19,21). The number of aromatic amines is 1. The summed E-state index contributed by atoms with van der Waals surface area (Å²) in [5.41, 5.74) is 1.55. The molecule has 1 aromatic carbocycles. The van der Waals surface area contributed by atoms with E-state index in [2.05, 4.69) is 15.5 Å². The molecule has 0 bridgehead atoms. The fourth-order valence-corrected chi connectivity index (χ4v) is 2.21. The molecule has 1 amide bonds. The summed E-state index contributed by atoms with van der Waals surface area (Å²) in [5.74, 6) is -2.97. The van der Waals surface area contributed by atoms with Gasteiger partial charge in [0.2, 0.25) is 0 Å². The lowest BCUT2D eigenvalue weighted by atomic mass is 10.1. The Morgan fingerprint density at radius 1 is 1.43 bits per heavy atom. The smallest absolute Gasteiger partial charge is 0.270 e. The van der Waals surface area contributed by atoms with E-state index in [1.807, 2.05) is 0 Å². The van der Waals surface area contributed by atoms with Crippen molar-refractivity contribution in [1.29, 1.82) is 0 Å². The van der Waals surface area contributed by atoms with Gasteiger partial charge >= 0.3 is 0 Å². The second-order valence-electron chi connectivity index (χ2n) is 5.39. The number of hydrogen-bond donors (Lipinski definition) is 2. The molecule has 0 atom stereocenters. The summed E-state index contributed by atoms with van der Waals surface area (Å²) in [4.78, 5) is 12.2. The highest BCUT2D eigenvalue weighted by molar-refractivity contribution is 6.04. The SMILES string of the molecule is CC(F)(F)c1cccc(C(=O)Nc2cn[nH]c2C2CC2)c1. The predicted molar refractivity (Wildman–Crippen MR) is 74.5 cm³/mol. The number of hydrogen-bond acceptors (Lipinski definition) is 2. The van der Waals surface area contributed by atoms with Gasteiger partial charge in [-0.2, -0.15) is 5.10 Å². The van der Waals surface area contributed by atoms with Gasteiger partial charge in [0.1, 0.15) is 0 Å². The van der Waals surface area contributed by atoms with E-state index in [-0.39, 0.29) is 11.1 Å². The van der Waals surface area contributed by atoms with Crippen LogP contribution < -0.4 is 5.32 Å². The van der Waals surface area contributed by atoms with E-state index < -0.39 is 11.8 Å². The largest absolute Gasteiger partial charge is 0.319 e. The van der Waals surface area contributed by atoms with Crippen molar-refractivity contribution in [3.8, 4) is 0 Å². The van der Waals surface area contributed by atoms with Crippen molar-refractivity contribution in [1.82, 2.24) is 10.2 Å². The number of amides is 1. The van der Waals surface area contributed by atoms with E-state index >= 15 is 0 Å². The minimum Gasteiger partial charge on any atom is -0.319 e. The number of anilines is 1. The number of H-pyrrole nitrogens is 1. The monoisotopic (exact) mass is 291 g/mol. The molecule has 21 heavy (non-hydrogen) atoms. The molecule has 6 heteroatoms. The second kappa shape index (κ2) is 4.95. The van der Waals surface area contributed by atoms with Gasteiger partial charge in [-0.25, -0.2) is 8.78 Å². The quantitative estimate of drug-likeness (QED) is 0.903. The first kappa shape index (κ1) is 13.7. The summed E-state index contributed by atoms with van der Waals surface area (Å²) in [5, 5.41) is 9.53. The number of carbonyl (C=O) groups excluding carboxylic acids is 1. The minimum atomic E-state index is -2.97. The minimum absolute atomic E-state index is 0.176. The third-order valence-electron chi connectivity index (χ3n) is 3.53. The Morgan fingerprint density at radius 2 is 2.19 bits per heavy atom. The van der Waals surface area contributed by atoms with Crippen LogP contribution in [0.15, 0.2) is 30.5 Å². The molecule has 1 heterocycles. The fraction of sp³-hybridized carbons (Fsp3) is 0.333. The van der Waals surface area contributed by atoms with E-state index in [1.54, 1.807) is 6.20 Å². The van der Waals surface area contributed by atoms with Crippen LogP contribution in [-0.2, 0) is 5.92 Å². The van der Waals surface area contributed by atoms with E-state index in [4.69, 9.17) is 0 Å². The maximum atomic E-state index is 13.3. The molecule has 0 unspecified atom stereocenters. The normalized spacial score (nSPS) is 15.0. The van der Waals surface area contributed by atoms with E-state index in [0.29, 0.717) is 11.6 Å². The lowest BCUT2D eigenvalue weighted by Crippen LogP contribution is -2.14. The van der Waals surface area contributed by atoms with E-state index in [0.717, 1.165) is 25.5 Å². The third kappa shape index (κ3) is 2.94. The van der Waals surface area contributed by atoms with Crippen LogP contribution in [0.5, 0.6) is 0 Å². The molecule has 2 N–H and O–H groups in total. The van der Waals surface area contributed by atoms with Gasteiger partial charge in [0.05, 0.1) is 17.6 Å². The molecule has 1 aromatic heterocycles. The van der Waals surface area contributed by atoms with Gasteiger partial charge in [-0.15, -0.1) is 0 Å². The van der Waals surface area contributed by atoms with Crippen molar-refractivity contribution >= 4 is 11.6 Å². The number of aromatic nitrogens is 2. The molecule has 2 aromatic rings. The third-order valence-corrected chi connectivity index (χ3v) is 3.53. The van der Waals surface area contributed by atoms with Gasteiger partial charge in [-0.3, -0.25) is 9.89 Å². The molecular weight excluding hydrogens is 276 g/mol. The first-order valence-electron chi connectivity index (χ1n) is 6.78. The van der Waals surface area contributed by atoms with E-state index in [9.17, 15) is 13.6 Å². The average Bonchev–Trinajstić information content (AvgIpc) is 3.18. The zero-order valence-electron chi connectivity index (χ0n) is 11.5. The molecule has 1 aliphatic rings. The fourth-order valence-electron chi connectivity index (χ4n) is 2.21. The Labute approximate surface area is 120 Å². The maximum absolute atomic E-state index is 13.3. The molecule has 4 nitrogen and oxygen atoms in total. The van der Waals surface area contributed by atoms with Crippen molar-refractivity contribution in [3.63, 3.8) is 0 Å². The summed E-state index contributed by atoms with van der Waals surface area (Å²) < 4.78 is 26.6. The summed E-state index contributed by atoms with van der Waals surface area (Å²) in [6.07, 6.45) is 3.69. The number of benzene rings is 1. The van der Waals surface area contributed by atoms with Gasteiger partial charge in [-0.1, -0.05) is 12.1 Å². The summed E-state index contributed by atoms with van der Waals surface area (Å²) in [6, 6.07) is 5.50. The van der Waals surface area contributed by atoms with Gasteiger partial charge in [0, 0.05) is 24.0 Å². The van der Waals surface area contributed by atoms with Crippen molar-refractivity contribution in [2.24, 2.45) is 0 Å². The molecule has 0 aliphatic heterocycles. The Hall–Kier alpha value is -2.24. The number of nitrogens with zero attached hydrogens (tertiary/aromatic N) is 1. The molecule has 1 fully saturated rings. The maximum Gasteiger partial charge on any atom is 0.270 e. The predicted octanol–water partition coefficient (Wildman–Crippen LogP) is 3.65. The van der Waals surface area contributed by atoms with Crippen LogP contribution in [0.2, 0.25) is 0 Å². The Morgan fingerprint density at radius 3 is 2.86 bits per heavy atom. The highest BCUT2D eigenvalue weighted by atomic mass is 19.3. The van der Waals surface area contributed by atoms with Crippen LogP contribution in [0.4, 0.5) is 14.5 Å². The molecule has 0 spiro atoms. The van der Waals surface area contributed by atoms with Crippen molar-refractivity contribution in [2.45, 2.75) is 31.6 Å². The van der Waals surface area contributed by atoms with Crippen LogP contribution in [-0.4, -0.2) is 16.1 Å². The first-order valence-corrected chi connectivity index (χ1v) is 6.78. The number of carbonyl (C=O) groups is 1. The zero-order valence-corrected chi connectivity index (χ0v) is 11.5. The molecule has 0 saturated heterocycles. The molecule has 0 radical (unpaired) electrons. The topological polar surface area (TPSA) is 57.8 Å². The molecule has 1 aliphatic carbocycles. The lowest BCUT2D eigenvalue weighted by molar-refractivity contribution is 0.0174. The molecule has 1 saturated carbocycles. The van der Waals surface area contributed by atoms with Gasteiger partial charge < -0.3 is 5.32 Å². The zero-order chi connectivity index (χ0) is 15.0. The number of rotatable bonds is 4. The Kier molecular flexibility index (Phi) is 3.23. The van der Waals surface area contributed by atoms with Crippen molar-refractivity contribution < 1.29 is 13.6 Å². The number of nitrogens with one attached hydrogen (secondary N) is 2. The van der Waals surface area contributed by atoms with Crippen molar-refractivity contribution in [2.75, 3.05) is 5.32 Å². The first-order chi connectivity index (χ1) is 9.95. The molecule has 3 rings (SSSR count). The lowest BCUT2D eigenvalue weighted by Gasteiger charge is -2.12. The van der Waals surface area contributed by atoms with Crippen LogP contribution in [0.25, 0.3) is 0 Å². The Balaban J connectivity index is 1.80. The second-order valence-corrected chi connectivity index (χ2v) is 5.39. The average molecular weight is 291 g/mol. The van der Waals surface area contributed by atoms with Gasteiger partial charge in [0.25, 0.3) is 11.8 Å². The summed E-state index contributed by atoms with van der Waals surface area (Å²) in [7, 11) is 0. The summed E-state index contributed by atoms with van der Waals surface area (Å²) >= 11 is 0. The highest BCUT2D eigenvalue weighted by Crippen LogP contribution is 2.42.